The van der Waals surface area contributed by atoms with Crippen LogP contribution >= 0.6 is 0 Å². The molecule has 2 aliphatic rings. The number of likely N-dealkylation sites (tertiary alicyclic amines) is 1. The van der Waals surface area contributed by atoms with Crippen LogP contribution in [0.1, 0.15) is 59.0 Å². The molecular formula is C26H30N4O2. The Morgan fingerprint density at radius 3 is 2.59 bits per heavy atom. The van der Waals surface area contributed by atoms with E-state index >= 15 is 0 Å². The van der Waals surface area contributed by atoms with Gasteiger partial charge in [-0.2, -0.15) is 0 Å². The largest absolute Gasteiger partial charge is 0.345 e. The van der Waals surface area contributed by atoms with Gasteiger partial charge in [0.1, 0.15) is 0 Å². The smallest absolute Gasteiger partial charge is 0.254 e. The van der Waals surface area contributed by atoms with Crippen molar-refractivity contribution >= 4 is 22.8 Å². The first-order chi connectivity index (χ1) is 15.1. The number of hydrogen-bond acceptors (Lipinski definition) is 3. The fourth-order valence-electron chi connectivity index (χ4n) is 5.80. The van der Waals surface area contributed by atoms with Crippen LogP contribution in [0.3, 0.4) is 0 Å². The third kappa shape index (κ3) is 2.81. The molecule has 0 spiro atoms. The van der Waals surface area contributed by atoms with Crippen molar-refractivity contribution in [2.75, 3.05) is 20.6 Å². The van der Waals surface area contributed by atoms with Crippen molar-refractivity contribution in [3.8, 4) is 0 Å². The molecule has 6 nitrogen and oxygen atoms in total. The number of amides is 2. The average molecular weight is 431 g/mol. The predicted molar refractivity (Wildman–Crippen MR) is 125 cm³/mol. The molecular weight excluding hydrogens is 400 g/mol. The predicted octanol–water partition coefficient (Wildman–Crippen LogP) is 4.02. The van der Waals surface area contributed by atoms with Gasteiger partial charge < -0.3 is 14.8 Å². The van der Waals surface area contributed by atoms with Gasteiger partial charge in [-0.25, -0.2) is 4.98 Å². The Morgan fingerprint density at radius 1 is 1.09 bits per heavy atom. The standard InChI is InChI=1S/C26H30N4O2/c1-25(2)22-14-18-12-16(23(31)29(4)5)6-8-19(18)26(25,3)10-11-30(22)24(32)17-7-9-20-21(13-17)28-15-27-20/h6-9,12-13,15,22H,10-11,14H2,1-5H3,(H,27,28). The molecule has 2 amide bonds. The van der Waals surface area contributed by atoms with Crippen molar-refractivity contribution in [1.29, 1.82) is 0 Å². The van der Waals surface area contributed by atoms with Crippen LogP contribution in [0.15, 0.2) is 42.7 Å². The molecule has 2 bridgehead atoms. The number of piperidine rings is 1. The van der Waals surface area contributed by atoms with Crippen LogP contribution in [0.5, 0.6) is 0 Å². The molecule has 1 fully saturated rings. The van der Waals surface area contributed by atoms with E-state index in [1.807, 2.05) is 30.3 Å². The second-order valence-corrected chi connectivity index (χ2v) is 10.2. The maximum absolute atomic E-state index is 13.7. The topological polar surface area (TPSA) is 69.3 Å². The summed E-state index contributed by atoms with van der Waals surface area (Å²) in [5, 5.41) is 0. The van der Waals surface area contributed by atoms with Gasteiger partial charge in [0.05, 0.1) is 17.4 Å². The Balaban J connectivity index is 1.55. The first-order valence-corrected chi connectivity index (χ1v) is 11.2. The number of hydrogen-bond donors (Lipinski definition) is 1. The Bertz CT molecular complexity index is 1240. The first kappa shape index (κ1) is 20.7. The second-order valence-electron chi connectivity index (χ2n) is 10.2. The molecule has 1 saturated heterocycles. The monoisotopic (exact) mass is 430 g/mol. The third-order valence-electron chi connectivity index (χ3n) is 8.18. The van der Waals surface area contributed by atoms with Gasteiger partial charge in [0, 0.05) is 43.2 Å². The molecule has 1 aliphatic heterocycles. The number of nitrogens with zero attached hydrogens (tertiary/aromatic N) is 3. The summed E-state index contributed by atoms with van der Waals surface area (Å²) in [5.41, 5.74) is 5.47. The highest BCUT2D eigenvalue weighted by Gasteiger charge is 2.56. The summed E-state index contributed by atoms with van der Waals surface area (Å²) in [4.78, 5) is 37.3. The van der Waals surface area contributed by atoms with Gasteiger partial charge in [0.25, 0.3) is 11.8 Å². The minimum Gasteiger partial charge on any atom is -0.345 e. The number of imidazole rings is 1. The molecule has 0 saturated carbocycles. The maximum Gasteiger partial charge on any atom is 0.254 e. The molecule has 1 N–H and O–H groups in total. The lowest BCUT2D eigenvalue weighted by Gasteiger charge is -2.60. The van der Waals surface area contributed by atoms with E-state index in [-0.39, 0.29) is 28.7 Å². The highest BCUT2D eigenvalue weighted by Crippen LogP contribution is 2.56. The third-order valence-corrected chi connectivity index (χ3v) is 8.18. The molecule has 166 valence electrons. The summed E-state index contributed by atoms with van der Waals surface area (Å²) in [6.45, 7) is 7.63. The molecule has 3 aromatic rings. The molecule has 1 aliphatic carbocycles. The average Bonchev–Trinajstić information content (AvgIpc) is 3.23. The van der Waals surface area contributed by atoms with Crippen molar-refractivity contribution in [1.82, 2.24) is 19.8 Å². The molecule has 2 unspecified atom stereocenters. The number of rotatable bonds is 2. The van der Waals surface area contributed by atoms with E-state index in [9.17, 15) is 9.59 Å². The van der Waals surface area contributed by atoms with Crippen molar-refractivity contribution in [3.05, 3.63) is 65.0 Å². The van der Waals surface area contributed by atoms with Gasteiger partial charge in [-0.3, -0.25) is 9.59 Å². The van der Waals surface area contributed by atoms with Crippen molar-refractivity contribution < 1.29 is 9.59 Å². The van der Waals surface area contributed by atoms with Crippen LogP contribution < -0.4 is 0 Å². The molecule has 2 aromatic carbocycles. The lowest BCUT2D eigenvalue weighted by molar-refractivity contribution is -0.0262. The quantitative estimate of drug-likeness (QED) is 0.668. The Morgan fingerprint density at radius 2 is 1.84 bits per heavy atom. The normalized spacial score (nSPS) is 23.7. The molecule has 6 heteroatoms. The van der Waals surface area contributed by atoms with E-state index in [0.717, 1.165) is 30.4 Å². The first-order valence-electron chi connectivity index (χ1n) is 11.2. The van der Waals surface area contributed by atoms with Gasteiger partial charge in [-0.15, -0.1) is 0 Å². The van der Waals surface area contributed by atoms with Crippen molar-refractivity contribution in [3.63, 3.8) is 0 Å². The van der Waals surface area contributed by atoms with Crippen LogP contribution in [0, 0.1) is 5.41 Å². The number of aromatic amines is 1. The number of carbonyl (C=O) groups excluding carboxylic acids is 2. The SMILES string of the molecule is CN(C)C(=O)c1ccc2c(c1)CC1N(C(=O)c3ccc4nc[nH]c4c3)CCC2(C)C1(C)C. The summed E-state index contributed by atoms with van der Waals surface area (Å²) >= 11 is 0. The minimum absolute atomic E-state index is 0.00809. The van der Waals surface area contributed by atoms with E-state index < -0.39 is 0 Å². The van der Waals surface area contributed by atoms with Crippen LogP contribution in [-0.4, -0.2) is 58.3 Å². The molecule has 32 heavy (non-hydrogen) atoms. The summed E-state index contributed by atoms with van der Waals surface area (Å²) in [5.74, 6) is 0.0688. The lowest BCUT2D eigenvalue weighted by atomic mass is 9.51. The number of carbonyl (C=O) groups is 2. The molecule has 5 rings (SSSR count). The van der Waals surface area contributed by atoms with E-state index in [0.29, 0.717) is 11.1 Å². The fraction of sp³-hybridized carbons (Fsp3) is 0.423. The number of nitrogens with one attached hydrogen (secondary N) is 1. The number of H-pyrrole nitrogens is 1. The maximum atomic E-state index is 13.7. The summed E-state index contributed by atoms with van der Waals surface area (Å²) < 4.78 is 0. The second kappa shape index (κ2) is 6.92. The van der Waals surface area contributed by atoms with Crippen LogP contribution in [-0.2, 0) is 11.8 Å². The number of benzene rings is 2. The summed E-state index contributed by atoms with van der Waals surface area (Å²) in [6.07, 6.45) is 3.30. The van der Waals surface area contributed by atoms with Crippen molar-refractivity contribution in [2.24, 2.45) is 5.41 Å². The van der Waals surface area contributed by atoms with Gasteiger partial charge in [0.15, 0.2) is 0 Å². The lowest BCUT2D eigenvalue weighted by Crippen LogP contribution is -2.64. The van der Waals surface area contributed by atoms with Crippen LogP contribution in [0.25, 0.3) is 11.0 Å². The van der Waals surface area contributed by atoms with E-state index in [1.54, 1.807) is 25.3 Å². The van der Waals surface area contributed by atoms with Gasteiger partial charge in [-0.1, -0.05) is 26.8 Å². The van der Waals surface area contributed by atoms with Crippen LogP contribution in [0.4, 0.5) is 0 Å². The molecule has 2 atom stereocenters. The number of aromatic nitrogens is 2. The highest BCUT2D eigenvalue weighted by atomic mass is 16.2. The zero-order chi connectivity index (χ0) is 22.8. The van der Waals surface area contributed by atoms with Crippen molar-refractivity contribution in [2.45, 2.75) is 45.1 Å². The molecule has 0 radical (unpaired) electrons. The van der Waals surface area contributed by atoms with Gasteiger partial charge in [0.2, 0.25) is 0 Å². The van der Waals surface area contributed by atoms with E-state index in [4.69, 9.17) is 0 Å². The summed E-state index contributed by atoms with van der Waals surface area (Å²) in [7, 11) is 3.55. The molecule has 1 aromatic heterocycles. The van der Waals surface area contributed by atoms with Gasteiger partial charge >= 0.3 is 0 Å². The Hall–Kier alpha value is -3.15. The van der Waals surface area contributed by atoms with E-state index in [2.05, 4.69) is 41.7 Å². The van der Waals surface area contributed by atoms with Gasteiger partial charge in [-0.05, 0) is 59.7 Å². The highest BCUT2D eigenvalue weighted by molar-refractivity contribution is 5.98. The number of fused-ring (bicyclic) bond motifs is 5. The zero-order valence-electron chi connectivity index (χ0n) is 19.4. The summed E-state index contributed by atoms with van der Waals surface area (Å²) in [6, 6.07) is 11.9. The fourth-order valence-corrected chi connectivity index (χ4v) is 5.80. The zero-order valence-corrected chi connectivity index (χ0v) is 19.4. The van der Waals surface area contributed by atoms with E-state index in [1.165, 1.54) is 11.1 Å². The minimum atomic E-state index is -0.0981. The Kier molecular flexibility index (Phi) is 4.49. The molecule has 2 heterocycles. The van der Waals surface area contributed by atoms with Crippen LogP contribution in [0.2, 0.25) is 0 Å². The Labute approximate surface area is 188 Å².